The first-order valence-corrected chi connectivity index (χ1v) is 4.60. The van der Waals surface area contributed by atoms with Crippen LogP contribution in [0, 0.1) is 0 Å². The summed E-state index contributed by atoms with van der Waals surface area (Å²) < 4.78 is 0. The molecule has 1 atom stereocenters. The van der Waals surface area contributed by atoms with E-state index in [1.807, 2.05) is 0 Å². The van der Waals surface area contributed by atoms with Crippen molar-refractivity contribution in [1.29, 1.82) is 0 Å². The molecule has 0 aliphatic rings. The van der Waals surface area contributed by atoms with Crippen molar-refractivity contribution >= 4 is 11.8 Å². The number of carboxylic acid groups (broad SMARTS) is 1. The third kappa shape index (κ3) is 2.96. The number of amidine groups is 1. The average Bonchev–Trinajstić information content (AvgIpc) is 2.28. The first kappa shape index (κ1) is 12.0. The van der Waals surface area contributed by atoms with E-state index >= 15 is 0 Å². The number of rotatable bonds is 4. The maximum absolute atomic E-state index is 10.6. The summed E-state index contributed by atoms with van der Waals surface area (Å²) in [5.74, 6) is -1.08. The van der Waals surface area contributed by atoms with Crippen molar-refractivity contribution in [2.75, 3.05) is 0 Å². The molecule has 0 aliphatic carbocycles. The lowest BCUT2D eigenvalue weighted by Gasteiger charge is -2.07. The van der Waals surface area contributed by atoms with Crippen LogP contribution in [0.15, 0.2) is 29.4 Å². The molecule has 0 aliphatic heterocycles. The monoisotopic (exact) mass is 223 g/mol. The molecule has 0 saturated carbocycles. The molecule has 6 N–H and O–H groups in total. The molecule has 0 bridgehead atoms. The summed E-state index contributed by atoms with van der Waals surface area (Å²) in [5, 5.41) is 20.0. The second-order valence-corrected chi connectivity index (χ2v) is 3.33. The van der Waals surface area contributed by atoms with Crippen molar-refractivity contribution < 1.29 is 15.1 Å². The van der Waals surface area contributed by atoms with E-state index in [0.717, 1.165) is 5.56 Å². The number of hydrogen-bond acceptors (Lipinski definition) is 4. The number of aliphatic carboxylic acids is 1. The van der Waals surface area contributed by atoms with Gasteiger partial charge in [0, 0.05) is 5.56 Å². The van der Waals surface area contributed by atoms with Crippen molar-refractivity contribution in [2.24, 2.45) is 16.6 Å². The van der Waals surface area contributed by atoms with Gasteiger partial charge in [-0.1, -0.05) is 23.4 Å². The van der Waals surface area contributed by atoms with Crippen LogP contribution in [-0.4, -0.2) is 28.2 Å². The Bertz CT molecular complexity index is 418. The molecule has 6 nitrogen and oxygen atoms in total. The Labute approximate surface area is 92.2 Å². The smallest absolute Gasteiger partial charge is 0.320 e. The number of nitrogens with two attached hydrogens (primary N) is 2. The SMILES string of the molecule is NC(=NO)c1cccc(C[C@H](N)C(=O)O)c1. The van der Waals surface area contributed by atoms with Crippen LogP contribution >= 0.6 is 0 Å². The van der Waals surface area contributed by atoms with Crippen LogP contribution in [0.4, 0.5) is 0 Å². The highest BCUT2D eigenvalue weighted by molar-refractivity contribution is 5.97. The van der Waals surface area contributed by atoms with E-state index in [0.29, 0.717) is 5.56 Å². The molecule has 0 fully saturated rings. The Morgan fingerprint density at radius 2 is 2.19 bits per heavy atom. The standard InChI is InChI=1S/C10H13N3O3/c11-8(10(14)15)5-6-2-1-3-7(4-6)9(12)13-16/h1-4,8,16H,5,11H2,(H2,12,13)(H,14,15)/t8-/m0/s1. The second-order valence-electron chi connectivity index (χ2n) is 3.33. The number of carbonyl (C=O) groups is 1. The van der Waals surface area contributed by atoms with Gasteiger partial charge in [0.25, 0.3) is 0 Å². The maximum atomic E-state index is 10.6. The highest BCUT2D eigenvalue weighted by Gasteiger charge is 2.12. The first-order chi connectivity index (χ1) is 7.54. The quantitative estimate of drug-likeness (QED) is 0.242. The van der Waals surface area contributed by atoms with Crippen LogP contribution in [-0.2, 0) is 11.2 Å². The van der Waals surface area contributed by atoms with E-state index in [1.54, 1.807) is 24.3 Å². The number of benzene rings is 1. The van der Waals surface area contributed by atoms with E-state index in [2.05, 4.69) is 5.16 Å². The summed E-state index contributed by atoms with van der Waals surface area (Å²) in [6, 6.07) is 5.76. The van der Waals surface area contributed by atoms with Crippen LogP contribution in [0.5, 0.6) is 0 Å². The van der Waals surface area contributed by atoms with Crippen LogP contribution in [0.25, 0.3) is 0 Å². The lowest BCUT2D eigenvalue weighted by Crippen LogP contribution is -2.32. The number of hydrogen-bond donors (Lipinski definition) is 4. The minimum Gasteiger partial charge on any atom is -0.480 e. The number of nitrogens with zero attached hydrogens (tertiary/aromatic N) is 1. The Morgan fingerprint density at radius 1 is 1.50 bits per heavy atom. The zero-order valence-electron chi connectivity index (χ0n) is 8.50. The predicted octanol–water partition coefficient (Wildman–Crippen LogP) is -0.265. The molecule has 6 heteroatoms. The van der Waals surface area contributed by atoms with Gasteiger partial charge in [0.05, 0.1) is 0 Å². The fraction of sp³-hybridized carbons (Fsp3) is 0.200. The van der Waals surface area contributed by atoms with Crippen LogP contribution in [0.3, 0.4) is 0 Å². The van der Waals surface area contributed by atoms with Crippen LogP contribution < -0.4 is 11.5 Å². The summed E-state index contributed by atoms with van der Waals surface area (Å²) in [6.45, 7) is 0. The van der Waals surface area contributed by atoms with Crippen molar-refractivity contribution in [1.82, 2.24) is 0 Å². The Kier molecular flexibility index (Phi) is 3.84. The molecule has 0 spiro atoms. The van der Waals surface area contributed by atoms with Gasteiger partial charge in [-0.05, 0) is 18.1 Å². The van der Waals surface area contributed by atoms with Gasteiger partial charge < -0.3 is 21.8 Å². The lowest BCUT2D eigenvalue weighted by atomic mass is 10.0. The maximum Gasteiger partial charge on any atom is 0.320 e. The second kappa shape index (κ2) is 5.13. The minimum atomic E-state index is -1.06. The van der Waals surface area contributed by atoms with Gasteiger partial charge >= 0.3 is 5.97 Å². The van der Waals surface area contributed by atoms with Gasteiger partial charge in [-0.2, -0.15) is 0 Å². The number of carboxylic acids is 1. The molecular formula is C10H13N3O3. The highest BCUT2D eigenvalue weighted by atomic mass is 16.4. The Hall–Kier alpha value is -2.08. The largest absolute Gasteiger partial charge is 0.480 e. The summed E-state index contributed by atoms with van der Waals surface area (Å²) in [4.78, 5) is 10.6. The Balaban J connectivity index is 2.87. The van der Waals surface area contributed by atoms with Crippen molar-refractivity contribution in [3.05, 3.63) is 35.4 Å². The lowest BCUT2D eigenvalue weighted by molar-refractivity contribution is -0.138. The fourth-order valence-electron chi connectivity index (χ4n) is 1.26. The molecule has 0 saturated heterocycles. The zero-order valence-corrected chi connectivity index (χ0v) is 8.50. The van der Waals surface area contributed by atoms with E-state index in [-0.39, 0.29) is 12.3 Å². The van der Waals surface area contributed by atoms with Crippen molar-refractivity contribution in [2.45, 2.75) is 12.5 Å². The van der Waals surface area contributed by atoms with Gasteiger partial charge in [-0.15, -0.1) is 0 Å². The Morgan fingerprint density at radius 3 is 2.75 bits per heavy atom. The molecule has 1 aromatic rings. The van der Waals surface area contributed by atoms with Crippen molar-refractivity contribution in [3.8, 4) is 0 Å². The summed E-state index contributed by atoms with van der Waals surface area (Å²) in [6.07, 6.45) is 0.196. The number of oxime groups is 1. The van der Waals surface area contributed by atoms with Gasteiger partial charge in [0.15, 0.2) is 5.84 Å². The molecule has 16 heavy (non-hydrogen) atoms. The van der Waals surface area contributed by atoms with E-state index < -0.39 is 12.0 Å². The summed E-state index contributed by atoms with van der Waals surface area (Å²) >= 11 is 0. The average molecular weight is 223 g/mol. The van der Waals surface area contributed by atoms with E-state index in [9.17, 15) is 4.79 Å². The summed E-state index contributed by atoms with van der Waals surface area (Å²) in [7, 11) is 0. The van der Waals surface area contributed by atoms with E-state index in [1.165, 1.54) is 0 Å². The minimum absolute atomic E-state index is 0.0225. The van der Waals surface area contributed by atoms with Gasteiger partial charge in [0.1, 0.15) is 6.04 Å². The molecule has 0 amide bonds. The molecule has 0 unspecified atom stereocenters. The molecule has 1 aromatic carbocycles. The summed E-state index contributed by atoms with van der Waals surface area (Å²) in [5.41, 5.74) is 12.0. The molecule has 86 valence electrons. The third-order valence-corrected chi connectivity index (χ3v) is 2.10. The van der Waals surface area contributed by atoms with Gasteiger partial charge in [0.2, 0.25) is 0 Å². The first-order valence-electron chi connectivity index (χ1n) is 4.60. The molecule has 1 rings (SSSR count). The molecule has 0 heterocycles. The van der Waals surface area contributed by atoms with Crippen molar-refractivity contribution in [3.63, 3.8) is 0 Å². The van der Waals surface area contributed by atoms with Gasteiger partial charge in [-0.25, -0.2) is 0 Å². The predicted molar refractivity (Wildman–Crippen MR) is 58.3 cm³/mol. The van der Waals surface area contributed by atoms with Crippen LogP contribution in [0.1, 0.15) is 11.1 Å². The molecular weight excluding hydrogens is 210 g/mol. The molecule has 0 aromatic heterocycles. The van der Waals surface area contributed by atoms with Crippen LogP contribution in [0.2, 0.25) is 0 Å². The topological polar surface area (TPSA) is 122 Å². The van der Waals surface area contributed by atoms with Gasteiger partial charge in [-0.3, -0.25) is 4.79 Å². The third-order valence-electron chi connectivity index (χ3n) is 2.10. The fourth-order valence-corrected chi connectivity index (χ4v) is 1.26. The molecule has 0 radical (unpaired) electrons. The highest BCUT2D eigenvalue weighted by Crippen LogP contribution is 2.07. The normalized spacial score (nSPS) is 13.4. The zero-order chi connectivity index (χ0) is 12.1. The van der Waals surface area contributed by atoms with E-state index in [4.69, 9.17) is 21.8 Å².